The van der Waals surface area contributed by atoms with E-state index in [1.807, 2.05) is 13.8 Å². The molecule has 0 saturated carbocycles. The van der Waals surface area contributed by atoms with Crippen molar-refractivity contribution in [3.63, 3.8) is 0 Å². The van der Waals surface area contributed by atoms with Crippen LogP contribution in [0.15, 0.2) is 12.1 Å². The average Bonchev–Trinajstić information content (AvgIpc) is 2.60. The van der Waals surface area contributed by atoms with Gasteiger partial charge in [0.05, 0.1) is 5.02 Å². The molecule has 2 aromatic rings. The van der Waals surface area contributed by atoms with Gasteiger partial charge in [-0.15, -0.1) is 0 Å². The Morgan fingerprint density at radius 3 is 2.47 bits per heavy atom. The highest BCUT2D eigenvalue weighted by atomic mass is 35.5. The number of hydrogen-bond acceptors (Lipinski definition) is 2. The lowest BCUT2D eigenvalue weighted by atomic mass is 9.98. The van der Waals surface area contributed by atoms with Crippen molar-refractivity contribution in [1.29, 1.82) is 0 Å². The fourth-order valence-corrected chi connectivity index (χ4v) is 2.18. The van der Waals surface area contributed by atoms with E-state index in [1.165, 1.54) is 4.68 Å². The van der Waals surface area contributed by atoms with E-state index in [2.05, 4.69) is 5.10 Å². The second kappa shape index (κ2) is 4.81. The summed E-state index contributed by atoms with van der Waals surface area (Å²) in [6.45, 7) is 3.84. The molecule has 0 unspecified atom stereocenters. The Balaban J connectivity index is 2.72. The molecule has 0 spiro atoms. The van der Waals surface area contributed by atoms with E-state index in [9.17, 15) is 8.78 Å². The molecule has 2 N–H and O–H groups in total. The smallest absolute Gasteiger partial charge is 0.142 e. The molecule has 0 fully saturated rings. The van der Waals surface area contributed by atoms with Gasteiger partial charge in [0.1, 0.15) is 23.1 Å². The third kappa shape index (κ3) is 2.30. The molecule has 1 aromatic carbocycles. The summed E-state index contributed by atoms with van der Waals surface area (Å²) in [7, 11) is 1.66. The SMILES string of the molecule is CC(C)c1c(-c2cc(F)c(Cl)cc2F)nn(C)c1N. The van der Waals surface area contributed by atoms with E-state index in [1.54, 1.807) is 7.05 Å². The zero-order chi connectivity index (χ0) is 14.3. The summed E-state index contributed by atoms with van der Waals surface area (Å²) in [6, 6.07) is 1.99. The molecule has 0 aliphatic rings. The number of aryl methyl sites for hydroxylation is 1. The topological polar surface area (TPSA) is 43.8 Å². The van der Waals surface area contributed by atoms with Gasteiger partial charge in [-0.05, 0) is 18.1 Å². The number of benzene rings is 1. The first kappa shape index (κ1) is 13.8. The van der Waals surface area contributed by atoms with Gasteiger partial charge in [0.25, 0.3) is 0 Å². The number of halogens is 3. The largest absolute Gasteiger partial charge is 0.384 e. The molecule has 0 aliphatic heterocycles. The minimum Gasteiger partial charge on any atom is -0.384 e. The van der Waals surface area contributed by atoms with Gasteiger partial charge in [0, 0.05) is 18.2 Å². The molecule has 0 radical (unpaired) electrons. The predicted molar refractivity (Wildman–Crippen MR) is 72.1 cm³/mol. The lowest BCUT2D eigenvalue weighted by Crippen LogP contribution is -2.00. The Morgan fingerprint density at radius 2 is 1.89 bits per heavy atom. The monoisotopic (exact) mass is 285 g/mol. The lowest BCUT2D eigenvalue weighted by Gasteiger charge is -2.08. The fraction of sp³-hybridized carbons (Fsp3) is 0.308. The number of aromatic nitrogens is 2. The van der Waals surface area contributed by atoms with Crippen LogP contribution in [-0.2, 0) is 7.05 Å². The van der Waals surface area contributed by atoms with Crippen LogP contribution >= 0.6 is 11.6 Å². The lowest BCUT2D eigenvalue weighted by molar-refractivity contribution is 0.602. The summed E-state index contributed by atoms with van der Waals surface area (Å²) in [5.41, 5.74) is 7.03. The van der Waals surface area contributed by atoms with Crippen LogP contribution < -0.4 is 5.73 Å². The predicted octanol–water partition coefficient (Wildman–Crippen LogP) is 3.72. The van der Waals surface area contributed by atoms with Crippen molar-refractivity contribution >= 4 is 17.4 Å². The Hall–Kier alpha value is -1.62. The summed E-state index contributed by atoms with van der Waals surface area (Å²) < 4.78 is 28.9. The standard InChI is InChI=1S/C13H14ClF2N3/c1-6(2)11-12(18-19(3)13(11)17)7-4-10(16)8(14)5-9(7)15/h4-6H,17H2,1-3H3. The van der Waals surface area contributed by atoms with Crippen LogP contribution in [0.4, 0.5) is 14.6 Å². The van der Waals surface area contributed by atoms with Gasteiger partial charge < -0.3 is 5.73 Å². The van der Waals surface area contributed by atoms with Crippen molar-refractivity contribution in [3.8, 4) is 11.3 Å². The minimum atomic E-state index is -0.683. The van der Waals surface area contributed by atoms with Gasteiger partial charge in [0.15, 0.2) is 0 Å². The van der Waals surface area contributed by atoms with Crippen molar-refractivity contribution in [2.24, 2.45) is 7.05 Å². The van der Waals surface area contributed by atoms with Crippen LogP contribution in [0.25, 0.3) is 11.3 Å². The highest BCUT2D eigenvalue weighted by molar-refractivity contribution is 6.30. The fourth-order valence-electron chi connectivity index (χ4n) is 2.03. The van der Waals surface area contributed by atoms with Crippen LogP contribution in [0.1, 0.15) is 25.3 Å². The molecule has 1 heterocycles. The van der Waals surface area contributed by atoms with Gasteiger partial charge in [-0.25, -0.2) is 8.78 Å². The Labute approximate surface area is 115 Å². The van der Waals surface area contributed by atoms with E-state index in [4.69, 9.17) is 17.3 Å². The van der Waals surface area contributed by atoms with Gasteiger partial charge in [-0.2, -0.15) is 5.10 Å². The average molecular weight is 286 g/mol. The zero-order valence-corrected chi connectivity index (χ0v) is 11.6. The van der Waals surface area contributed by atoms with Crippen molar-refractivity contribution in [2.45, 2.75) is 19.8 Å². The van der Waals surface area contributed by atoms with Gasteiger partial charge in [-0.1, -0.05) is 25.4 Å². The van der Waals surface area contributed by atoms with Gasteiger partial charge in [0.2, 0.25) is 0 Å². The first-order chi connectivity index (χ1) is 8.82. The third-order valence-corrected chi connectivity index (χ3v) is 3.26. The maximum absolute atomic E-state index is 14.0. The molecular formula is C13H14ClF2N3. The first-order valence-electron chi connectivity index (χ1n) is 5.80. The van der Waals surface area contributed by atoms with Crippen LogP contribution in [0.2, 0.25) is 5.02 Å². The maximum Gasteiger partial charge on any atom is 0.142 e. The molecule has 19 heavy (non-hydrogen) atoms. The summed E-state index contributed by atoms with van der Waals surface area (Å²) in [4.78, 5) is 0. The third-order valence-electron chi connectivity index (χ3n) is 2.97. The molecule has 102 valence electrons. The van der Waals surface area contributed by atoms with Crippen LogP contribution in [0.3, 0.4) is 0 Å². The molecule has 0 atom stereocenters. The van der Waals surface area contributed by atoms with E-state index >= 15 is 0 Å². The van der Waals surface area contributed by atoms with E-state index in [0.29, 0.717) is 17.1 Å². The second-order valence-corrected chi connectivity index (χ2v) is 5.08. The quantitative estimate of drug-likeness (QED) is 0.855. The number of nitrogens with two attached hydrogens (primary N) is 1. The number of rotatable bonds is 2. The maximum atomic E-state index is 14.0. The number of hydrogen-bond donors (Lipinski definition) is 1. The normalized spacial score (nSPS) is 11.3. The number of nitrogens with zero attached hydrogens (tertiary/aromatic N) is 2. The molecule has 6 heteroatoms. The molecule has 1 aromatic heterocycles. The van der Waals surface area contributed by atoms with Crippen LogP contribution in [0, 0.1) is 11.6 Å². The molecule has 0 amide bonds. The minimum absolute atomic E-state index is 0.0434. The molecule has 0 aliphatic carbocycles. The second-order valence-electron chi connectivity index (χ2n) is 4.67. The van der Waals surface area contributed by atoms with Crippen LogP contribution in [-0.4, -0.2) is 9.78 Å². The highest BCUT2D eigenvalue weighted by Gasteiger charge is 2.21. The first-order valence-corrected chi connectivity index (χ1v) is 6.18. The molecule has 0 saturated heterocycles. The zero-order valence-electron chi connectivity index (χ0n) is 10.8. The Morgan fingerprint density at radius 1 is 1.26 bits per heavy atom. The van der Waals surface area contributed by atoms with Crippen molar-refractivity contribution in [2.75, 3.05) is 5.73 Å². The van der Waals surface area contributed by atoms with Crippen molar-refractivity contribution in [1.82, 2.24) is 9.78 Å². The van der Waals surface area contributed by atoms with E-state index in [-0.39, 0.29) is 16.5 Å². The molecule has 0 bridgehead atoms. The van der Waals surface area contributed by atoms with Gasteiger partial charge >= 0.3 is 0 Å². The number of nitrogen functional groups attached to an aromatic ring is 1. The highest BCUT2D eigenvalue weighted by Crippen LogP contribution is 2.35. The van der Waals surface area contributed by atoms with Crippen molar-refractivity contribution in [3.05, 3.63) is 34.4 Å². The van der Waals surface area contributed by atoms with Crippen LogP contribution in [0.5, 0.6) is 0 Å². The Bertz CT molecular complexity index is 635. The molecule has 3 nitrogen and oxygen atoms in total. The summed E-state index contributed by atoms with van der Waals surface area (Å²) in [5.74, 6) is -0.815. The summed E-state index contributed by atoms with van der Waals surface area (Å²) in [5, 5.41) is 3.92. The van der Waals surface area contributed by atoms with E-state index in [0.717, 1.165) is 12.1 Å². The van der Waals surface area contributed by atoms with Crippen molar-refractivity contribution < 1.29 is 8.78 Å². The molecular weight excluding hydrogens is 272 g/mol. The summed E-state index contributed by atoms with van der Waals surface area (Å²) >= 11 is 5.55. The Kier molecular flexibility index (Phi) is 3.49. The molecule has 2 rings (SSSR count). The summed E-state index contributed by atoms with van der Waals surface area (Å²) in [6.07, 6.45) is 0. The number of anilines is 1. The van der Waals surface area contributed by atoms with E-state index < -0.39 is 11.6 Å². The van der Waals surface area contributed by atoms with Gasteiger partial charge in [-0.3, -0.25) is 4.68 Å².